The monoisotopic (exact) mass is 405 g/mol. The third-order valence-corrected chi connectivity index (χ3v) is 5.39. The second kappa shape index (κ2) is 8.98. The smallest absolute Gasteiger partial charge is 0.410 e. The highest BCUT2D eigenvalue weighted by Gasteiger charge is 2.31. The summed E-state index contributed by atoms with van der Waals surface area (Å²) >= 11 is 0. The molecule has 2 heterocycles. The molecule has 8 heteroatoms. The van der Waals surface area contributed by atoms with Crippen molar-refractivity contribution in [2.24, 2.45) is 5.92 Å². The Hall–Kier alpha value is -2.35. The lowest BCUT2D eigenvalue weighted by molar-refractivity contribution is -0.384. The predicted octanol–water partition coefficient (Wildman–Crippen LogP) is 3.62. The number of anilines is 1. The first-order valence-corrected chi connectivity index (χ1v) is 10.3. The van der Waals surface area contributed by atoms with Gasteiger partial charge in [-0.1, -0.05) is 12.1 Å². The van der Waals surface area contributed by atoms with E-state index < -0.39 is 5.60 Å². The highest BCUT2D eigenvalue weighted by atomic mass is 16.6. The molecule has 0 spiro atoms. The summed E-state index contributed by atoms with van der Waals surface area (Å²) in [5.41, 5.74) is 1.14. The highest BCUT2D eigenvalue weighted by molar-refractivity contribution is 5.68. The molecule has 0 radical (unpaired) electrons. The molecule has 0 aliphatic carbocycles. The predicted molar refractivity (Wildman–Crippen MR) is 110 cm³/mol. The van der Waals surface area contributed by atoms with Crippen LogP contribution in [-0.4, -0.2) is 60.9 Å². The molecule has 160 valence electrons. The summed E-state index contributed by atoms with van der Waals surface area (Å²) < 4.78 is 10.8. The van der Waals surface area contributed by atoms with E-state index in [9.17, 15) is 14.9 Å². The lowest BCUT2D eigenvalue weighted by Crippen LogP contribution is -2.36. The number of ether oxygens (including phenoxy) is 2. The van der Waals surface area contributed by atoms with Crippen LogP contribution in [-0.2, 0) is 15.9 Å². The summed E-state index contributed by atoms with van der Waals surface area (Å²) in [6, 6.07) is 5.57. The number of hydrogen-bond acceptors (Lipinski definition) is 6. The largest absolute Gasteiger partial charge is 0.444 e. The molecule has 29 heavy (non-hydrogen) atoms. The summed E-state index contributed by atoms with van der Waals surface area (Å²) in [7, 11) is 0. The average molecular weight is 405 g/mol. The molecule has 1 amide bonds. The standard InChI is InChI=1S/C21H31N3O5/c1-21(2,3)29-20(25)23-10-9-16(15-23)7-8-17-5-4-6-18(19(17)24(26)27)22-11-13-28-14-12-22/h4-6,16H,7-15H2,1-3H3/t16-/m1/s1. The van der Waals surface area contributed by atoms with Gasteiger partial charge < -0.3 is 19.3 Å². The summed E-state index contributed by atoms with van der Waals surface area (Å²) in [5.74, 6) is 0.328. The van der Waals surface area contributed by atoms with E-state index in [1.54, 1.807) is 4.90 Å². The van der Waals surface area contributed by atoms with Crippen molar-refractivity contribution >= 4 is 17.5 Å². The van der Waals surface area contributed by atoms with Crippen LogP contribution in [0.2, 0.25) is 0 Å². The molecule has 2 aliphatic rings. The zero-order valence-electron chi connectivity index (χ0n) is 17.6. The fraction of sp³-hybridized carbons (Fsp3) is 0.667. The van der Waals surface area contributed by atoms with E-state index in [4.69, 9.17) is 9.47 Å². The van der Waals surface area contributed by atoms with E-state index >= 15 is 0 Å². The fourth-order valence-electron chi connectivity index (χ4n) is 3.97. The third kappa shape index (κ3) is 5.59. The lowest BCUT2D eigenvalue weighted by Gasteiger charge is -2.29. The maximum absolute atomic E-state index is 12.2. The van der Waals surface area contributed by atoms with Crippen molar-refractivity contribution in [3.8, 4) is 0 Å². The van der Waals surface area contributed by atoms with Crippen LogP contribution in [0.3, 0.4) is 0 Å². The van der Waals surface area contributed by atoms with Crippen LogP contribution in [0.5, 0.6) is 0 Å². The van der Waals surface area contributed by atoms with Crippen LogP contribution in [0.4, 0.5) is 16.2 Å². The van der Waals surface area contributed by atoms with Gasteiger partial charge in [0.05, 0.1) is 18.1 Å². The van der Waals surface area contributed by atoms with Crippen molar-refractivity contribution in [2.45, 2.75) is 45.6 Å². The highest BCUT2D eigenvalue weighted by Crippen LogP contribution is 2.34. The molecule has 1 atom stereocenters. The van der Waals surface area contributed by atoms with E-state index in [1.807, 2.05) is 43.9 Å². The van der Waals surface area contributed by atoms with Crippen molar-refractivity contribution < 1.29 is 19.2 Å². The molecular weight excluding hydrogens is 374 g/mol. The Labute approximate surface area is 171 Å². The number of nitro groups is 1. The first-order valence-electron chi connectivity index (χ1n) is 10.3. The average Bonchev–Trinajstić information content (AvgIpc) is 3.14. The molecule has 0 unspecified atom stereocenters. The first-order chi connectivity index (χ1) is 13.7. The number of nitro benzene ring substituents is 1. The zero-order chi connectivity index (χ0) is 21.0. The number of para-hydroxylation sites is 1. The maximum atomic E-state index is 12.2. The number of benzene rings is 1. The summed E-state index contributed by atoms with van der Waals surface area (Å²) in [4.78, 5) is 27.6. The van der Waals surface area contributed by atoms with Gasteiger partial charge >= 0.3 is 6.09 Å². The number of carbonyl (C=O) groups is 1. The number of morpholine rings is 1. The Bertz CT molecular complexity index is 740. The SMILES string of the molecule is CC(C)(C)OC(=O)N1CC[C@@H](CCc2cccc(N3CCOCC3)c2[N+](=O)[O-])C1. The minimum atomic E-state index is -0.504. The van der Waals surface area contributed by atoms with E-state index in [0.29, 0.717) is 57.4 Å². The minimum Gasteiger partial charge on any atom is -0.444 e. The molecule has 2 fully saturated rings. The molecular formula is C21H31N3O5. The molecule has 3 rings (SSSR count). The number of likely N-dealkylation sites (tertiary alicyclic amines) is 1. The van der Waals surface area contributed by atoms with Crippen LogP contribution in [0, 0.1) is 16.0 Å². The Morgan fingerprint density at radius 3 is 2.66 bits per heavy atom. The first kappa shape index (κ1) is 21.4. The topological polar surface area (TPSA) is 85.2 Å². The summed E-state index contributed by atoms with van der Waals surface area (Å²) in [5, 5.41) is 11.8. The molecule has 0 saturated carbocycles. The van der Waals surface area contributed by atoms with Crippen molar-refractivity contribution in [1.82, 2.24) is 4.90 Å². The Kier molecular flexibility index (Phi) is 6.62. The number of carbonyl (C=O) groups excluding carboxylic acids is 1. The van der Waals surface area contributed by atoms with Gasteiger partial charge in [-0.25, -0.2) is 4.79 Å². The van der Waals surface area contributed by atoms with Crippen molar-refractivity contribution in [2.75, 3.05) is 44.3 Å². The molecule has 0 bridgehead atoms. The second-order valence-corrected chi connectivity index (χ2v) is 8.76. The van der Waals surface area contributed by atoms with Crippen LogP contribution in [0.25, 0.3) is 0 Å². The number of nitrogens with zero attached hydrogens (tertiary/aromatic N) is 3. The van der Waals surface area contributed by atoms with Crippen molar-refractivity contribution in [3.63, 3.8) is 0 Å². The lowest BCUT2D eigenvalue weighted by atomic mass is 9.97. The Morgan fingerprint density at radius 1 is 1.28 bits per heavy atom. The van der Waals surface area contributed by atoms with E-state index in [0.717, 1.165) is 18.4 Å². The molecule has 1 aromatic carbocycles. The van der Waals surface area contributed by atoms with Gasteiger partial charge in [0.2, 0.25) is 0 Å². The number of aryl methyl sites for hydroxylation is 1. The van der Waals surface area contributed by atoms with Gasteiger partial charge in [-0.2, -0.15) is 0 Å². The van der Waals surface area contributed by atoms with Gasteiger partial charge in [-0.15, -0.1) is 0 Å². The van der Waals surface area contributed by atoms with E-state index in [-0.39, 0.29) is 16.7 Å². The van der Waals surface area contributed by atoms with Crippen molar-refractivity contribution in [1.29, 1.82) is 0 Å². The van der Waals surface area contributed by atoms with Gasteiger partial charge in [0.25, 0.3) is 5.69 Å². The normalized spacial score (nSPS) is 20.0. The fourth-order valence-corrected chi connectivity index (χ4v) is 3.97. The molecule has 0 N–H and O–H groups in total. The third-order valence-electron chi connectivity index (χ3n) is 5.39. The Morgan fingerprint density at radius 2 is 2.00 bits per heavy atom. The minimum absolute atomic E-state index is 0.205. The molecule has 8 nitrogen and oxygen atoms in total. The van der Waals surface area contributed by atoms with Crippen LogP contribution >= 0.6 is 0 Å². The Balaban J connectivity index is 1.63. The van der Waals surface area contributed by atoms with Crippen LogP contribution < -0.4 is 4.90 Å². The molecule has 2 aliphatic heterocycles. The maximum Gasteiger partial charge on any atom is 0.410 e. The van der Waals surface area contributed by atoms with Gasteiger partial charge in [0, 0.05) is 31.7 Å². The summed E-state index contributed by atoms with van der Waals surface area (Å²) in [6.45, 7) is 9.40. The van der Waals surface area contributed by atoms with Crippen LogP contribution in [0.1, 0.15) is 39.2 Å². The molecule has 1 aromatic rings. The second-order valence-electron chi connectivity index (χ2n) is 8.76. The number of amides is 1. The molecule has 0 aromatic heterocycles. The number of hydrogen-bond donors (Lipinski definition) is 0. The van der Waals surface area contributed by atoms with Crippen LogP contribution in [0.15, 0.2) is 18.2 Å². The summed E-state index contributed by atoms with van der Waals surface area (Å²) in [6.07, 6.45) is 2.06. The van der Waals surface area contributed by atoms with E-state index in [2.05, 4.69) is 0 Å². The zero-order valence-corrected chi connectivity index (χ0v) is 17.6. The van der Waals surface area contributed by atoms with Crippen molar-refractivity contribution in [3.05, 3.63) is 33.9 Å². The number of rotatable bonds is 5. The van der Waals surface area contributed by atoms with Gasteiger partial charge in [0.15, 0.2) is 0 Å². The van der Waals surface area contributed by atoms with Gasteiger partial charge in [-0.3, -0.25) is 10.1 Å². The van der Waals surface area contributed by atoms with E-state index in [1.165, 1.54) is 0 Å². The molecule has 2 saturated heterocycles. The quantitative estimate of drug-likeness (QED) is 0.549. The van der Waals surface area contributed by atoms with Gasteiger partial charge in [0.1, 0.15) is 11.3 Å². The van der Waals surface area contributed by atoms with Gasteiger partial charge in [-0.05, 0) is 52.0 Å².